The van der Waals surface area contributed by atoms with Gasteiger partial charge in [-0.15, -0.1) is 0 Å². The summed E-state index contributed by atoms with van der Waals surface area (Å²) in [7, 11) is 0. The fourth-order valence-electron chi connectivity index (χ4n) is 6.05. The summed E-state index contributed by atoms with van der Waals surface area (Å²) in [5, 5.41) is 2.47. The molecule has 2 aromatic rings. The predicted molar refractivity (Wildman–Crippen MR) is 182 cm³/mol. The standard InChI is InChI=1S/C38H66OS/c1-4-5-6-7-8-9-10-11-12-13-14-15-16-17-18-19-20-21-22-23-24-25-26-27-30-34(2)33-39-38-35(3)36-31-28-29-32-37(36)40-38/h28-29,31-32,34H,4-27,30,33H2,1-3H3. The van der Waals surface area contributed by atoms with E-state index < -0.39 is 0 Å². The van der Waals surface area contributed by atoms with Gasteiger partial charge >= 0.3 is 0 Å². The number of fused-ring (bicyclic) bond motifs is 1. The summed E-state index contributed by atoms with van der Waals surface area (Å²) in [6.07, 6.45) is 36.2. The molecular formula is C38H66OS. The van der Waals surface area contributed by atoms with E-state index in [1.165, 1.54) is 176 Å². The molecule has 2 rings (SSSR count). The lowest BCUT2D eigenvalue weighted by Crippen LogP contribution is -2.08. The van der Waals surface area contributed by atoms with Crippen LogP contribution in [0.5, 0.6) is 5.06 Å². The van der Waals surface area contributed by atoms with Crippen molar-refractivity contribution in [3.05, 3.63) is 29.8 Å². The maximum atomic E-state index is 6.21. The van der Waals surface area contributed by atoms with Crippen LogP contribution in [-0.2, 0) is 0 Å². The Bertz CT molecular complexity index is 824. The molecule has 0 aliphatic heterocycles. The van der Waals surface area contributed by atoms with Gasteiger partial charge in [0.1, 0.15) is 0 Å². The lowest BCUT2D eigenvalue weighted by atomic mass is 10.0. The summed E-state index contributed by atoms with van der Waals surface area (Å²) in [5.41, 5.74) is 1.31. The maximum Gasteiger partial charge on any atom is 0.177 e. The molecule has 0 bridgehead atoms. The van der Waals surface area contributed by atoms with Crippen molar-refractivity contribution in [3.63, 3.8) is 0 Å². The van der Waals surface area contributed by atoms with Crippen LogP contribution in [0.25, 0.3) is 10.1 Å². The molecule has 1 heterocycles. The first kappa shape index (κ1) is 35.2. The molecule has 0 aliphatic carbocycles. The molecule has 0 radical (unpaired) electrons. The average molecular weight is 571 g/mol. The third-order valence-electron chi connectivity index (χ3n) is 8.85. The van der Waals surface area contributed by atoms with Gasteiger partial charge in [-0.05, 0) is 30.7 Å². The maximum absolute atomic E-state index is 6.21. The second-order valence-corrected chi connectivity index (χ2v) is 13.9. The highest BCUT2D eigenvalue weighted by atomic mass is 32.1. The average Bonchev–Trinajstić information content (AvgIpc) is 3.29. The summed E-state index contributed by atoms with van der Waals surface area (Å²) >= 11 is 1.80. The van der Waals surface area contributed by atoms with Crippen molar-refractivity contribution in [2.45, 2.75) is 181 Å². The van der Waals surface area contributed by atoms with Gasteiger partial charge in [-0.25, -0.2) is 0 Å². The molecule has 0 saturated carbocycles. The van der Waals surface area contributed by atoms with E-state index in [0.29, 0.717) is 5.92 Å². The molecule has 1 aromatic carbocycles. The third kappa shape index (κ3) is 17.1. The Morgan fingerprint density at radius 2 is 0.975 bits per heavy atom. The molecule has 230 valence electrons. The van der Waals surface area contributed by atoms with Gasteiger partial charge in [0, 0.05) is 10.3 Å². The van der Waals surface area contributed by atoms with Gasteiger partial charge in [0.25, 0.3) is 0 Å². The van der Waals surface area contributed by atoms with Crippen molar-refractivity contribution in [2.24, 2.45) is 5.92 Å². The van der Waals surface area contributed by atoms with E-state index in [4.69, 9.17) is 4.74 Å². The van der Waals surface area contributed by atoms with Gasteiger partial charge < -0.3 is 4.74 Å². The Morgan fingerprint density at radius 3 is 1.40 bits per heavy atom. The molecule has 2 heteroatoms. The van der Waals surface area contributed by atoms with E-state index in [1.54, 1.807) is 11.3 Å². The third-order valence-corrected chi connectivity index (χ3v) is 10.0. The van der Waals surface area contributed by atoms with E-state index >= 15 is 0 Å². The van der Waals surface area contributed by atoms with E-state index in [2.05, 4.69) is 45.0 Å². The minimum absolute atomic E-state index is 0.643. The molecule has 1 unspecified atom stereocenters. The molecule has 0 saturated heterocycles. The van der Waals surface area contributed by atoms with Crippen molar-refractivity contribution < 1.29 is 4.74 Å². The van der Waals surface area contributed by atoms with Crippen LogP contribution in [0, 0.1) is 12.8 Å². The quantitative estimate of drug-likeness (QED) is 0.0924. The van der Waals surface area contributed by atoms with Crippen molar-refractivity contribution in [3.8, 4) is 5.06 Å². The molecular weight excluding hydrogens is 504 g/mol. The molecule has 1 aromatic heterocycles. The van der Waals surface area contributed by atoms with Crippen LogP contribution in [0.1, 0.15) is 180 Å². The zero-order valence-corrected chi connectivity index (χ0v) is 27.9. The molecule has 1 atom stereocenters. The second kappa shape index (κ2) is 24.6. The lowest BCUT2D eigenvalue weighted by molar-refractivity contribution is 0.254. The number of rotatable bonds is 28. The zero-order chi connectivity index (χ0) is 28.5. The van der Waals surface area contributed by atoms with Crippen LogP contribution >= 0.6 is 11.3 Å². The normalized spacial score (nSPS) is 12.4. The molecule has 0 spiro atoms. The lowest BCUT2D eigenvalue weighted by Gasteiger charge is -2.12. The Morgan fingerprint density at radius 1 is 0.575 bits per heavy atom. The summed E-state index contributed by atoms with van der Waals surface area (Å²) < 4.78 is 7.55. The van der Waals surface area contributed by atoms with Crippen molar-refractivity contribution in [1.82, 2.24) is 0 Å². The zero-order valence-electron chi connectivity index (χ0n) is 27.1. The number of ether oxygens (including phenoxy) is 1. The first-order valence-electron chi connectivity index (χ1n) is 17.8. The Balaban J connectivity index is 1.25. The molecule has 0 fully saturated rings. The van der Waals surface area contributed by atoms with Crippen molar-refractivity contribution in [1.29, 1.82) is 0 Å². The van der Waals surface area contributed by atoms with Gasteiger partial charge in [0.2, 0.25) is 0 Å². The summed E-state index contributed by atoms with van der Waals surface area (Å²) in [4.78, 5) is 0. The van der Waals surface area contributed by atoms with E-state index in [9.17, 15) is 0 Å². The second-order valence-electron chi connectivity index (χ2n) is 12.8. The minimum Gasteiger partial charge on any atom is -0.483 e. The molecule has 0 amide bonds. The van der Waals surface area contributed by atoms with Crippen molar-refractivity contribution >= 4 is 21.4 Å². The van der Waals surface area contributed by atoms with E-state index in [0.717, 1.165) is 11.7 Å². The summed E-state index contributed by atoms with van der Waals surface area (Å²) in [6, 6.07) is 8.65. The van der Waals surface area contributed by atoms with Crippen LogP contribution < -0.4 is 4.74 Å². The molecule has 40 heavy (non-hydrogen) atoms. The number of aryl methyl sites for hydroxylation is 1. The van der Waals surface area contributed by atoms with Gasteiger partial charge in [0.15, 0.2) is 5.06 Å². The number of hydrogen-bond donors (Lipinski definition) is 0. The van der Waals surface area contributed by atoms with E-state index in [-0.39, 0.29) is 0 Å². The first-order valence-corrected chi connectivity index (χ1v) is 18.6. The van der Waals surface area contributed by atoms with Gasteiger partial charge in [-0.3, -0.25) is 0 Å². The first-order chi connectivity index (χ1) is 19.7. The number of hydrogen-bond acceptors (Lipinski definition) is 2. The molecule has 1 nitrogen and oxygen atoms in total. The fraction of sp³-hybridized carbons (Fsp3) is 0.789. The largest absolute Gasteiger partial charge is 0.483 e. The monoisotopic (exact) mass is 570 g/mol. The summed E-state index contributed by atoms with van der Waals surface area (Å²) in [5.74, 6) is 0.643. The predicted octanol–water partition coefficient (Wildman–Crippen LogP) is 14.0. The molecule has 0 N–H and O–H groups in total. The number of unbranched alkanes of at least 4 members (excludes halogenated alkanes) is 23. The number of benzene rings is 1. The minimum atomic E-state index is 0.643. The van der Waals surface area contributed by atoms with Gasteiger partial charge in [-0.1, -0.05) is 197 Å². The van der Waals surface area contributed by atoms with E-state index in [1.807, 2.05) is 0 Å². The van der Waals surface area contributed by atoms with Crippen molar-refractivity contribution in [2.75, 3.05) is 6.61 Å². The molecule has 0 aliphatic rings. The Kier molecular flexibility index (Phi) is 21.6. The van der Waals surface area contributed by atoms with Gasteiger partial charge in [0.05, 0.1) is 6.61 Å². The SMILES string of the molecule is CCCCCCCCCCCCCCCCCCCCCCCCCCC(C)COc1sc2ccccc2c1C. The van der Waals surface area contributed by atoms with Crippen LogP contribution in [0.4, 0.5) is 0 Å². The Hall–Kier alpha value is -1.02. The van der Waals surface area contributed by atoms with Gasteiger partial charge in [-0.2, -0.15) is 0 Å². The highest BCUT2D eigenvalue weighted by Crippen LogP contribution is 2.37. The fourth-order valence-corrected chi connectivity index (χ4v) is 7.11. The van der Waals surface area contributed by atoms with Crippen LogP contribution in [0.2, 0.25) is 0 Å². The number of thiophene rings is 1. The highest BCUT2D eigenvalue weighted by Gasteiger charge is 2.11. The Labute approximate surface area is 254 Å². The smallest absolute Gasteiger partial charge is 0.177 e. The highest BCUT2D eigenvalue weighted by molar-refractivity contribution is 7.21. The topological polar surface area (TPSA) is 9.23 Å². The van der Waals surface area contributed by atoms with Crippen LogP contribution in [0.3, 0.4) is 0 Å². The summed E-state index contributed by atoms with van der Waals surface area (Å²) in [6.45, 7) is 7.70. The van der Waals surface area contributed by atoms with Crippen LogP contribution in [-0.4, -0.2) is 6.61 Å². The van der Waals surface area contributed by atoms with Crippen LogP contribution in [0.15, 0.2) is 24.3 Å².